The number of benzene rings is 1. The molecule has 0 heterocycles. The fraction of sp³-hybridized carbons (Fsp3) is 0.571. The summed E-state index contributed by atoms with van der Waals surface area (Å²) in [6.45, 7) is 3.73. The van der Waals surface area contributed by atoms with Crippen molar-refractivity contribution in [3.8, 4) is 0 Å². The van der Waals surface area contributed by atoms with Gasteiger partial charge >= 0.3 is 0 Å². The summed E-state index contributed by atoms with van der Waals surface area (Å²) in [7, 11) is -3.45. The zero-order valence-electron chi connectivity index (χ0n) is 11.3. The molecule has 1 saturated carbocycles. The van der Waals surface area contributed by atoms with E-state index in [0.717, 1.165) is 19.3 Å². The van der Waals surface area contributed by atoms with E-state index in [4.69, 9.17) is 0 Å². The van der Waals surface area contributed by atoms with E-state index in [2.05, 4.69) is 11.6 Å². The molecule has 106 valence electrons. The van der Waals surface area contributed by atoms with Crippen LogP contribution in [0.15, 0.2) is 29.2 Å². The quantitative estimate of drug-likeness (QED) is 0.890. The molecule has 1 aromatic carbocycles. The first-order valence-corrected chi connectivity index (χ1v) is 8.19. The van der Waals surface area contributed by atoms with Gasteiger partial charge in [-0.3, -0.25) is 0 Å². The van der Waals surface area contributed by atoms with Crippen LogP contribution in [0.1, 0.15) is 44.8 Å². The average Bonchev–Trinajstić information content (AvgIpc) is 2.74. The van der Waals surface area contributed by atoms with Crippen molar-refractivity contribution in [2.45, 2.75) is 50.2 Å². The summed E-state index contributed by atoms with van der Waals surface area (Å²) >= 11 is 0. The lowest BCUT2D eigenvalue weighted by Gasteiger charge is -2.17. The van der Waals surface area contributed by atoms with Gasteiger partial charge in [-0.05, 0) is 43.4 Å². The second-order valence-corrected chi connectivity index (χ2v) is 7.09. The van der Waals surface area contributed by atoms with Crippen LogP contribution in [0, 0.1) is 5.92 Å². The van der Waals surface area contributed by atoms with E-state index >= 15 is 0 Å². The van der Waals surface area contributed by atoms with Crippen molar-refractivity contribution < 1.29 is 13.5 Å². The Kier molecular flexibility index (Phi) is 4.28. The van der Waals surface area contributed by atoms with E-state index in [1.165, 1.54) is 0 Å². The van der Waals surface area contributed by atoms with Crippen molar-refractivity contribution in [3.63, 3.8) is 0 Å². The standard InChI is InChI=1S/C14H21NO3S/c1-10-4-3-5-14(10)15-19(17,18)13-8-6-12(7-9-13)11(2)16/h6-11,14-16H,3-5H2,1-2H3. The maximum Gasteiger partial charge on any atom is 0.240 e. The number of hydrogen-bond acceptors (Lipinski definition) is 3. The third-order valence-corrected chi connectivity index (χ3v) is 5.35. The molecular weight excluding hydrogens is 262 g/mol. The molecule has 19 heavy (non-hydrogen) atoms. The highest BCUT2D eigenvalue weighted by Crippen LogP contribution is 2.26. The monoisotopic (exact) mass is 283 g/mol. The molecule has 0 aromatic heterocycles. The van der Waals surface area contributed by atoms with Gasteiger partial charge in [0.05, 0.1) is 11.0 Å². The van der Waals surface area contributed by atoms with Crippen LogP contribution in [-0.4, -0.2) is 19.6 Å². The highest BCUT2D eigenvalue weighted by molar-refractivity contribution is 7.89. The highest BCUT2D eigenvalue weighted by atomic mass is 32.2. The highest BCUT2D eigenvalue weighted by Gasteiger charge is 2.28. The Morgan fingerprint density at radius 1 is 1.26 bits per heavy atom. The van der Waals surface area contributed by atoms with Crippen molar-refractivity contribution in [2.24, 2.45) is 5.92 Å². The van der Waals surface area contributed by atoms with Gasteiger partial charge in [-0.1, -0.05) is 25.5 Å². The van der Waals surface area contributed by atoms with Gasteiger partial charge in [0.25, 0.3) is 0 Å². The van der Waals surface area contributed by atoms with Crippen molar-refractivity contribution in [3.05, 3.63) is 29.8 Å². The lowest BCUT2D eigenvalue weighted by molar-refractivity contribution is 0.199. The molecule has 1 aliphatic carbocycles. The molecule has 1 aliphatic rings. The first-order chi connectivity index (χ1) is 8.90. The van der Waals surface area contributed by atoms with E-state index in [0.29, 0.717) is 11.5 Å². The molecule has 1 aromatic rings. The fourth-order valence-corrected chi connectivity index (χ4v) is 3.89. The smallest absolute Gasteiger partial charge is 0.240 e. The largest absolute Gasteiger partial charge is 0.389 e. The van der Waals surface area contributed by atoms with Crippen LogP contribution >= 0.6 is 0 Å². The maximum absolute atomic E-state index is 12.2. The van der Waals surface area contributed by atoms with Gasteiger partial charge in [0.2, 0.25) is 10.0 Å². The zero-order chi connectivity index (χ0) is 14.0. The van der Waals surface area contributed by atoms with E-state index in [1.54, 1.807) is 31.2 Å². The summed E-state index contributed by atoms with van der Waals surface area (Å²) in [6, 6.07) is 6.43. The molecule has 3 atom stereocenters. The summed E-state index contributed by atoms with van der Waals surface area (Å²) in [5.74, 6) is 0.395. The Hall–Kier alpha value is -0.910. The van der Waals surface area contributed by atoms with E-state index in [-0.39, 0.29) is 10.9 Å². The normalized spacial score (nSPS) is 25.4. The summed E-state index contributed by atoms with van der Waals surface area (Å²) in [6.07, 6.45) is 2.48. The number of aliphatic hydroxyl groups excluding tert-OH is 1. The molecule has 0 saturated heterocycles. The molecule has 5 heteroatoms. The van der Waals surface area contributed by atoms with Crippen molar-refractivity contribution >= 4 is 10.0 Å². The van der Waals surface area contributed by atoms with Crippen LogP contribution < -0.4 is 4.72 Å². The van der Waals surface area contributed by atoms with Gasteiger partial charge < -0.3 is 5.11 Å². The second-order valence-electron chi connectivity index (χ2n) is 5.38. The third kappa shape index (κ3) is 3.35. The summed E-state index contributed by atoms with van der Waals surface area (Å²) in [4.78, 5) is 0.260. The van der Waals surface area contributed by atoms with Crippen LogP contribution in [0.4, 0.5) is 0 Å². The molecule has 0 spiro atoms. The van der Waals surface area contributed by atoms with Crippen molar-refractivity contribution in [1.29, 1.82) is 0 Å². The Morgan fingerprint density at radius 3 is 2.37 bits per heavy atom. The summed E-state index contributed by atoms with van der Waals surface area (Å²) in [5.41, 5.74) is 0.716. The lowest BCUT2D eigenvalue weighted by atomic mass is 10.1. The molecule has 0 aliphatic heterocycles. The van der Waals surface area contributed by atoms with E-state index < -0.39 is 16.1 Å². The average molecular weight is 283 g/mol. The number of nitrogens with one attached hydrogen (secondary N) is 1. The van der Waals surface area contributed by atoms with Gasteiger partial charge in [0.15, 0.2) is 0 Å². The summed E-state index contributed by atoms with van der Waals surface area (Å²) in [5, 5.41) is 9.42. The van der Waals surface area contributed by atoms with Gasteiger partial charge in [-0.15, -0.1) is 0 Å². The molecule has 2 N–H and O–H groups in total. The van der Waals surface area contributed by atoms with Crippen molar-refractivity contribution in [1.82, 2.24) is 4.72 Å². The SMILES string of the molecule is CC(O)c1ccc(S(=O)(=O)NC2CCCC2C)cc1. The minimum atomic E-state index is -3.45. The topological polar surface area (TPSA) is 66.4 Å². The molecule has 4 nitrogen and oxygen atoms in total. The fourth-order valence-electron chi connectivity index (χ4n) is 2.51. The van der Waals surface area contributed by atoms with Crippen molar-refractivity contribution in [2.75, 3.05) is 0 Å². The van der Waals surface area contributed by atoms with Gasteiger partial charge in [0.1, 0.15) is 0 Å². The van der Waals surface area contributed by atoms with Gasteiger partial charge in [-0.25, -0.2) is 13.1 Å². The number of rotatable bonds is 4. The number of aliphatic hydroxyl groups is 1. The Balaban J connectivity index is 2.15. The first kappa shape index (κ1) is 14.5. The molecule has 0 radical (unpaired) electrons. The minimum Gasteiger partial charge on any atom is -0.389 e. The maximum atomic E-state index is 12.2. The third-order valence-electron chi connectivity index (χ3n) is 3.84. The Bertz CT molecular complexity index is 522. The van der Waals surface area contributed by atoms with Gasteiger partial charge in [0, 0.05) is 6.04 Å². The molecule has 3 unspecified atom stereocenters. The van der Waals surface area contributed by atoms with E-state index in [1.807, 2.05) is 0 Å². The van der Waals surface area contributed by atoms with Crippen LogP contribution in [0.2, 0.25) is 0 Å². The lowest BCUT2D eigenvalue weighted by Crippen LogP contribution is -2.36. The van der Waals surface area contributed by atoms with Gasteiger partial charge in [-0.2, -0.15) is 0 Å². The molecule has 0 bridgehead atoms. The predicted octanol–water partition coefficient (Wildman–Crippen LogP) is 2.21. The molecule has 2 rings (SSSR count). The van der Waals surface area contributed by atoms with Crippen LogP contribution in [0.3, 0.4) is 0 Å². The Labute approximate surface area is 114 Å². The number of sulfonamides is 1. The second kappa shape index (κ2) is 5.61. The zero-order valence-corrected chi connectivity index (χ0v) is 12.2. The van der Waals surface area contributed by atoms with Crippen LogP contribution in [0.5, 0.6) is 0 Å². The Morgan fingerprint density at radius 2 is 1.89 bits per heavy atom. The summed E-state index contributed by atoms with van der Waals surface area (Å²) < 4.78 is 27.3. The molecular formula is C14H21NO3S. The van der Waals surface area contributed by atoms with Crippen LogP contribution in [0.25, 0.3) is 0 Å². The molecule has 1 fully saturated rings. The van der Waals surface area contributed by atoms with E-state index in [9.17, 15) is 13.5 Å². The first-order valence-electron chi connectivity index (χ1n) is 6.70. The predicted molar refractivity (Wildman–Crippen MR) is 74.2 cm³/mol. The minimum absolute atomic E-state index is 0.0430. The van der Waals surface area contributed by atoms with Crippen LogP contribution in [-0.2, 0) is 10.0 Å². The number of hydrogen-bond donors (Lipinski definition) is 2. The molecule has 0 amide bonds.